The summed E-state index contributed by atoms with van der Waals surface area (Å²) in [4.78, 5) is 0.209. The van der Waals surface area contributed by atoms with Gasteiger partial charge in [-0.3, -0.25) is 0 Å². The SMILES string of the molecule is Cc1ccc(S(=O)(=O)/N=C(\c2ccccc2Br)[Si](C)(C)c2ccccc2)cc1. The third-order valence-corrected chi connectivity index (χ3v) is 10.2. The molecule has 0 saturated heterocycles. The number of aryl methyl sites for hydroxylation is 1. The molecule has 0 aliphatic rings. The van der Waals surface area contributed by atoms with E-state index in [0.717, 1.165) is 20.8 Å². The first-order valence-electron chi connectivity index (χ1n) is 8.94. The van der Waals surface area contributed by atoms with Crippen LogP contribution in [0.25, 0.3) is 0 Å². The van der Waals surface area contributed by atoms with Crippen molar-refractivity contribution in [3.05, 3.63) is 94.5 Å². The van der Waals surface area contributed by atoms with Crippen LogP contribution < -0.4 is 5.19 Å². The fourth-order valence-corrected chi connectivity index (χ4v) is 8.07. The van der Waals surface area contributed by atoms with Crippen LogP contribution in [0, 0.1) is 6.92 Å². The van der Waals surface area contributed by atoms with Gasteiger partial charge in [0.25, 0.3) is 10.0 Å². The molecule has 28 heavy (non-hydrogen) atoms. The van der Waals surface area contributed by atoms with Crippen molar-refractivity contribution < 1.29 is 8.42 Å². The van der Waals surface area contributed by atoms with E-state index in [1.165, 1.54) is 0 Å². The molecule has 3 aromatic carbocycles. The predicted octanol–water partition coefficient (Wildman–Crippen LogP) is 5.09. The van der Waals surface area contributed by atoms with E-state index in [0.29, 0.717) is 5.33 Å². The summed E-state index contributed by atoms with van der Waals surface area (Å²) in [6, 6.07) is 24.5. The Labute approximate surface area is 176 Å². The van der Waals surface area contributed by atoms with Crippen LogP contribution in [-0.4, -0.2) is 21.8 Å². The minimum Gasteiger partial charge on any atom is -0.199 e. The van der Waals surface area contributed by atoms with Gasteiger partial charge in [0, 0.05) is 10.0 Å². The quantitative estimate of drug-likeness (QED) is 0.384. The van der Waals surface area contributed by atoms with E-state index in [4.69, 9.17) is 0 Å². The standard InChI is InChI=1S/C22H22BrNO2SSi/c1-17-13-15-18(16-14-17)27(25,26)24-22(20-11-7-8-12-21(20)23)28(2,3)19-9-5-4-6-10-19/h4-16H,1-3H3/b24-22+. The van der Waals surface area contributed by atoms with Gasteiger partial charge >= 0.3 is 0 Å². The van der Waals surface area contributed by atoms with E-state index in [2.05, 4.69) is 45.6 Å². The lowest BCUT2D eigenvalue weighted by molar-refractivity contribution is 0.598. The zero-order valence-electron chi connectivity index (χ0n) is 16.1. The molecular formula is C22H22BrNO2SSi. The molecule has 0 radical (unpaired) electrons. The lowest BCUT2D eigenvalue weighted by Crippen LogP contribution is -2.50. The minimum absolute atomic E-state index is 0.209. The highest BCUT2D eigenvalue weighted by atomic mass is 79.9. The molecule has 0 aliphatic heterocycles. The van der Waals surface area contributed by atoms with Crippen LogP contribution in [0.2, 0.25) is 13.1 Å². The minimum atomic E-state index is -3.83. The largest absolute Gasteiger partial charge is 0.282 e. The molecule has 0 atom stereocenters. The zero-order valence-corrected chi connectivity index (χ0v) is 19.5. The van der Waals surface area contributed by atoms with Crippen LogP contribution in [-0.2, 0) is 10.0 Å². The molecule has 0 aliphatic carbocycles. The molecule has 0 fully saturated rings. The van der Waals surface area contributed by atoms with E-state index in [1.54, 1.807) is 24.3 Å². The third-order valence-electron chi connectivity index (χ3n) is 4.75. The van der Waals surface area contributed by atoms with Gasteiger partial charge in [0.05, 0.1) is 10.2 Å². The number of hydrogen-bond acceptors (Lipinski definition) is 2. The number of rotatable bonds is 5. The topological polar surface area (TPSA) is 46.5 Å². The molecule has 0 saturated carbocycles. The van der Waals surface area contributed by atoms with Gasteiger partial charge in [-0.15, -0.1) is 0 Å². The maximum absolute atomic E-state index is 13.1. The first kappa shape index (κ1) is 20.7. The fourth-order valence-electron chi connectivity index (χ4n) is 3.03. The molecule has 0 amide bonds. The molecular weight excluding hydrogens is 450 g/mol. The summed E-state index contributed by atoms with van der Waals surface area (Å²) in [6.45, 7) is 6.19. The van der Waals surface area contributed by atoms with Gasteiger partial charge in [0.2, 0.25) is 0 Å². The highest BCUT2D eigenvalue weighted by Gasteiger charge is 2.34. The molecule has 3 nitrogen and oxygen atoms in total. The maximum Gasteiger partial charge on any atom is 0.282 e. The van der Waals surface area contributed by atoms with Gasteiger partial charge in [0.15, 0.2) is 0 Å². The second kappa shape index (κ2) is 8.15. The van der Waals surface area contributed by atoms with Gasteiger partial charge in [0.1, 0.15) is 8.07 Å². The molecule has 0 N–H and O–H groups in total. The van der Waals surface area contributed by atoms with Gasteiger partial charge < -0.3 is 0 Å². The second-order valence-electron chi connectivity index (χ2n) is 7.20. The van der Waals surface area contributed by atoms with Gasteiger partial charge in [-0.05, 0) is 25.1 Å². The summed E-state index contributed by atoms with van der Waals surface area (Å²) >= 11 is 3.58. The van der Waals surface area contributed by atoms with Crippen LogP contribution in [0.5, 0.6) is 0 Å². The highest BCUT2D eigenvalue weighted by molar-refractivity contribution is 9.10. The first-order chi connectivity index (χ1) is 13.2. The Bertz CT molecular complexity index is 1110. The van der Waals surface area contributed by atoms with Crippen molar-refractivity contribution in [3.63, 3.8) is 0 Å². The smallest absolute Gasteiger partial charge is 0.199 e. The average molecular weight is 472 g/mol. The van der Waals surface area contributed by atoms with Crippen LogP contribution in [0.15, 0.2) is 92.6 Å². The lowest BCUT2D eigenvalue weighted by atomic mass is 10.2. The number of benzene rings is 3. The van der Waals surface area contributed by atoms with Crippen molar-refractivity contribution in [2.24, 2.45) is 4.40 Å². The summed E-state index contributed by atoms with van der Waals surface area (Å²) in [5, 5.41) is 1.76. The predicted molar refractivity (Wildman–Crippen MR) is 123 cm³/mol. The van der Waals surface area contributed by atoms with E-state index in [-0.39, 0.29) is 4.90 Å². The molecule has 144 valence electrons. The fraction of sp³-hybridized carbons (Fsp3) is 0.136. The normalized spacial score (nSPS) is 12.8. The Balaban J connectivity index is 2.24. The molecule has 0 spiro atoms. The first-order valence-corrected chi connectivity index (χ1v) is 14.2. The number of sulfonamides is 1. The van der Waals surface area contributed by atoms with E-state index < -0.39 is 18.1 Å². The molecule has 0 heterocycles. The summed E-state index contributed by atoms with van der Waals surface area (Å²) < 4.78 is 31.5. The monoisotopic (exact) mass is 471 g/mol. The van der Waals surface area contributed by atoms with Gasteiger partial charge in [-0.2, -0.15) is 12.8 Å². The molecule has 0 bridgehead atoms. The van der Waals surface area contributed by atoms with Crippen LogP contribution in [0.1, 0.15) is 11.1 Å². The zero-order chi connectivity index (χ0) is 20.4. The summed E-state index contributed by atoms with van der Waals surface area (Å²) in [5.74, 6) is 0. The van der Waals surface area contributed by atoms with Crippen molar-refractivity contribution >= 4 is 44.5 Å². The Kier molecular flexibility index (Phi) is 6.03. The van der Waals surface area contributed by atoms with Crippen LogP contribution in [0.3, 0.4) is 0 Å². The van der Waals surface area contributed by atoms with Crippen molar-refractivity contribution in [3.8, 4) is 0 Å². The van der Waals surface area contributed by atoms with Crippen LogP contribution in [0.4, 0.5) is 0 Å². The van der Waals surface area contributed by atoms with E-state index >= 15 is 0 Å². The summed E-state index contributed by atoms with van der Waals surface area (Å²) in [7, 11) is -6.22. The third kappa shape index (κ3) is 4.34. The Morgan fingerprint density at radius 2 is 1.43 bits per heavy atom. The lowest BCUT2D eigenvalue weighted by Gasteiger charge is -2.26. The van der Waals surface area contributed by atoms with Crippen molar-refractivity contribution in [1.82, 2.24) is 0 Å². The Morgan fingerprint density at radius 3 is 2.04 bits per heavy atom. The van der Waals surface area contributed by atoms with Crippen molar-refractivity contribution in [2.75, 3.05) is 0 Å². The number of nitrogens with zero attached hydrogens (tertiary/aromatic N) is 1. The molecule has 3 aromatic rings. The van der Waals surface area contributed by atoms with Gasteiger partial charge in [-0.25, -0.2) is 0 Å². The van der Waals surface area contributed by atoms with E-state index in [1.807, 2.05) is 49.4 Å². The summed E-state index contributed by atoms with van der Waals surface area (Å²) in [5.41, 5.74) is 1.83. The summed E-state index contributed by atoms with van der Waals surface area (Å²) in [6.07, 6.45) is 0. The Hall–Kier alpha value is -2.02. The average Bonchev–Trinajstić information content (AvgIpc) is 2.68. The number of halogens is 1. The Morgan fingerprint density at radius 1 is 0.857 bits per heavy atom. The molecule has 6 heteroatoms. The van der Waals surface area contributed by atoms with Crippen molar-refractivity contribution in [2.45, 2.75) is 24.9 Å². The maximum atomic E-state index is 13.1. The van der Waals surface area contributed by atoms with Crippen LogP contribution >= 0.6 is 15.9 Å². The number of hydrogen-bond donors (Lipinski definition) is 0. The van der Waals surface area contributed by atoms with E-state index in [9.17, 15) is 8.42 Å². The van der Waals surface area contributed by atoms with Crippen molar-refractivity contribution in [1.29, 1.82) is 0 Å². The molecule has 0 unspecified atom stereocenters. The highest BCUT2D eigenvalue weighted by Crippen LogP contribution is 2.25. The molecule has 0 aromatic heterocycles. The van der Waals surface area contributed by atoms with Gasteiger partial charge in [-0.1, -0.05) is 100 Å². The molecule has 3 rings (SSSR count). The second-order valence-corrected chi connectivity index (χ2v) is 14.0.